The van der Waals surface area contributed by atoms with Crippen LogP contribution < -0.4 is 10.6 Å². The van der Waals surface area contributed by atoms with Gasteiger partial charge in [0.1, 0.15) is 5.76 Å². The molecule has 102 valence electrons. The highest BCUT2D eigenvalue weighted by Gasteiger charge is 2.16. The minimum absolute atomic E-state index is 0.0182. The lowest BCUT2D eigenvalue weighted by atomic mass is 10.1. The molecule has 5 nitrogen and oxygen atoms in total. The molecule has 1 atom stereocenters. The Bertz CT molecular complexity index is 366. The first kappa shape index (κ1) is 14.7. The molecule has 0 aliphatic carbocycles. The summed E-state index contributed by atoms with van der Waals surface area (Å²) >= 11 is 0. The lowest BCUT2D eigenvalue weighted by molar-refractivity contribution is -0.120. The number of rotatable bonds is 7. The number of aromatic nitrogens is 1. The van der Waals surface area contributed by atoms with Crippen molar-refractivity contribution in [3.63, 3.8) is 0 Å². The monoisotopic (exact) mass is 253 g/mol. The van der Waals surface area contributed by atoms with E-state index in [-0.39, 0.29) is 11.9 Å². The second kappa shape index (κ2) is 7.16. The summed E-state index contributed by atoms with van der Waals surface area (Å²) in [5.41, 5.74) is 1.85. The molecular formula is C13H23N3O2. The maximum absolute atomic E-state index is 11.9. The number of aryl methyl sites for hydroxylation is 2. The number of carbonyl (C=O) groups excluding carboxylic acids is 1. The minimum Gasteiger partial charge on any atom is -0.361 e. The van der Waals surface area contributed by atoms with Crippen molar-refractivity contribution in [2.45, 2.75) is 46.1 Å². The third-order valence-electron chi connectivity index (χ3n) is 3.04. The average Bonchev–Trinajstić information content (AvgIpc) is 2.77. The SMILES string of the molecule is CCc1noc(CC)c1CC(=O)NCC(C)NC. The number of likely N-dealkylation sites (N-methyl/N-ethyl adjacent to an activating group) is 1. The summed E-state index contributed by atoms with van der Waals surface area (Å²) in [6, 6.07) is 0.271. The molecule has 18 heavy (non-hydrogen) atoms. The molecule has 1 aromatic rings. The Morgan fingerprint density at radius 3 is 2.67 bits per heavy atom. The van der Waals surface area contributed by atoms with Crippen LogP contribution in [0, 0.1) is 0 Å². The molecule has 1 unspecified atom stereocenters. The molecule has 0 spiro atoms. The smallest absolute Gasteiger partial charge is 0.224 e. The van der Waals surface area contributed by atoms with Gasteiger partial charge in [-0.05, 0) is 20.4 Å². The highest BCUT2D eigenvalue weighted by atomic mass is 16.5. The molecule has 0 radical (unpaired) electrons. The Morgan fingerprint density at radius 1 is 1.39 bits per heavy atom. The fourth-order valence-corrected chi connectivity index (χ4v) is 1.73. The topological polar surface area (TPSA) is 67.2 Å². The molecule has 0 bridgehead atoms. The standard InChI is InChI=1S/C13H23N3O2/c1-5-11-10(12(6-2)18-16-11)7-13(17)15-8-9(3)14-4/h9,14H,5-8H2,1-4H3,(H,15,17). The van der Waals surface area contributed by atoms with Crippen LogP contribution in [0.1, 0.15) is 37.8 Å². The lowest BCUT2D eigenvalue weighted by Crippen LogP contribution is -2.37. The van der Waals surface area contributed by atoms with Crippen LogP contribution in [-0.2, 0) is 24.1 Å². The van der Waals surface area contributed by atoms with Gasteiger partial charge in [0, 0.05) is 24.6 Å². The van der Waals surface area contributed by atoms with Crippen LogP contribution in [0.3, 0.4) is 0 Å². The number of carbonyl (C=O) groups is 1. The zero-order valence-electron chi connectivity index (χ0n) is 11.7. The Morgan fingerprint density at radius 2 is 2.11 bits per heavy atom. The third kappa shape index (κ3) is 3.84. The highest BCUT2D eigenvalue weighted by molar-refractivity contribution is 5.79. The first-order valence-corrected chi connectivity index (χ1v) is 6.52. The fourth-order valence-electron chi connectivity index (χ4n) is 1.73. The molecule has 0 aromatic carbocycles. The van der Waals surface area contributed by atoms with Gasteiger partial charge in [-0.2, -0.15) is 0 Å². The van der Waals surface area contributed by atoms with E-state index >= 15 is 0 Å². The van der Waals surface area contributed by atoms with Crippen LogP contribution in [0.5, 0.6) is 0 Å². The van der Waals surface area contributed by atoms with Crippen molar-refractivity contribution in [1.29, 1.82) is 0 Å². The second-order valence-electron chi connectivity index (χ2n) is 4.41. The van der Waals surface area contributed by atoms with E-state index in [1.165, 1.54) is 0 Å². The van der Waals surface area contributed by atoms with Crippen molar-refractivity contribution in [3.8, 4) is 0 Å². The van der Waals surface area contributed by atoms with Crippen molar-refractivity contribution >= 4 is 5.91 Å². The summed E-state index contributed by atoms with van der Waals surface area (Å²) < 4.78 is 5.24. The van der Waals surface area contributed by atoms with Gasteiger partial charge in [-0.15, -0.1) is 0 Å². The van der Waals surface area contributed by atoms with E-state index in [4.69, 9.17) is 4.52 Å². The predicted molar refractivity (Wildman–Crippen MR) is 70.5 cm³/mol. The maximum Gasteiger partial charge on any atom is 0.224 e. The molecule has 0 aliphatic rings. The van der Waals surface area contributed by atoms with Crippen LogP contribution in [0.25, 0.3) is 0 Å². The van der Waals surface area contributed by atoms with Gasteiger partial charge in [0.2, 0.25) is 5.91 Å². The van der Waals surface area contributed by atoms with E-state index in [0.29, 0.717) is 13.0 Å². The average molecular weight is 253 g/mol. The van der Waals surface area contributed by atoms with Crippen LogP contribution in [0.2, 0.25) is 0 Å². The normalized spacial score (nSPS) is 12.4. The van der Waals surface area contributed by atoms with Gasteiger partial charge in [-0.25, -0.2) is 0 Å². The summed E-state index contributed by atoms with van der Waals surface area (Å²) in [6.45, 7) is 6.67. The van der Waals surface area contributed by atoms with E-state index in [1.807, 2.05) is 27.8 Å². The molecule has 1 amide bonds. The van der Waals surface area contributed by atoms with Crippen molar-refractivity contribution in [1.82, 2.24) is 15.8 Å². The Balaban J connectivity index is 2.60. The Kier molecular flexibility index (Phi) is 5.85. The van der Waals surface area contributed by atoms with Crippen LogP contribution in [0.15, 0.2) is 4.52 Å². The predicted octanol–water partition coefficient (Wildman–Crippen LogP) is 1.07. The van der Waals surface area contributed by atoms with Gasteiger partial charge in [-0.1, -0.05) is 19.0 Å². The van der Waals surface area contributed by atoms with Crippen LogP contribution >= 0.6 is 0 Å². The summed E-state index contributed by atoms with van der Waals surface area (Å²) in [4.78, 5) is 11.9. The largest absolute Gasteiger partial charge is 0.361 e. The second-order valence-corrected chi connectivity index (χ2v) is 4.41. The third-order valence-corrected chi connectivity index (χ3v) is 3.04. The van der Waals surface area contributed by atoms with Gasteiger partial charge in [-0.3, -0.25) is 4.79 Å². The van der Waals surface area contributed by atoms with Crippen LogP contribution in [0.4, 0.5) is 0 Å². The zero-order chi connectivity index (χ0) is 13.5. The molecule has 0 saturated heterocycles. The maximum atomic E-state index is 11.9. The van der Waals surface area contributed by atoms with E-state index in [1.54, 1.807) is 0 Å². The van der Waals surface area contributed by atoms with E-state index in [0.717, 1.165) is 29.9 Å². The van der Waals surface area contributed by atoms with Crippen molar-refractivity contribution in [2.75, 3.05) is 13.6 Å². The van der Waals surface area contributed by atoms with Gasteiger partial charge >= 0.3 is 0 Å². The molecule has 5 heteroatoms. The lowest BCUT2D eigenvalue weighted by Gasteiger charge is -2.11. The molecular weight excluding hydrogens is 230 g/mol. The minimum atomic E-state index is 0.0182. The van der Waals surface area contributed by atoms with E-state index in [9.17, 15) is 4.79 Å². The van der Waals surface area contributed by atoms with Crippen molar-refractivity contribution in [3.05, 3.63) is 17.0 Å². The molecule has 1 heterocycles. The zero-order valence-corrected chi connectivity index (χ0v) is 11.7. The molecule has 2 N–H and O–H groups in total. The molecule has 0 saturated carbocycles. The van der Waals surface area contributed by atoms with Crippen LogP contribution in [-0.4, -0.2) is 30.7 Å². The Hall–Kier alpha value is -1.36. The highest BCUT2D eigenvalue weighted by Crippen LogP contribution is 2.16. The summed E-state index contributed by atoms with van der Waals surface area (Å²) in [5.74, 6) is 0.841. The molecule has 0 fully saturated rings. The van der Waals surface area contributed by atoms with Crippen molar-refractivity contribution < 1.29 is 9.32 Å². The summed E-state index contributed by atoms with van der Waals surface area (Å²) in [5, 5.41) is 9.98. The van der Waals surface area contributed by atoms with E-state index in [2.05, 4.69) is 15.8 Å². The van der Waals surface area contributed by atoms with Gasteiger partial charge in [0.15, 0.2) is 0 Å². The Labute approximate surface area is 108 Å². The molecule has 1 rings (SSSR count). The fraction of sp³-hybridized carbons (Fsp3) is 0.692. The first-order chi connectivity index (χ1) is 8.62. The van der Waals surface area contributed by atoms with Gasteiger partial charge < -0.3 is 15.2 Å². The van der Waals surface area contributed by atoms with Gasteiger partial charge in [0.05, 0.1) is 12.1 Å². The quantitative estimate of drug-likeness (QED) is 0.762. The number of hydrogen-bond donors (Lipinski definition) is 2. The number of nitrogens with zero attached hydrogens (tertiary/aromatic N) is 1. The number of hydrogen-bond acceptors (Lipinski definition) is 4. The number of amides is 1. The summed E-state index contributed by atoms with van der Waals surface area (Å²) in [7, 11) is 1.88. The van der Waals surface area contributed by atoms with Gasteiger partial charge in [0.25, 0.3) is 0 Å². The van der Waals surface area contributed by atoms with Crippen molar-refractivity contribution in [2.24, 2.45) is 0 Å². The van der Waals surface area contributed by atoms with E-state index < -0.39 is 0 Å². The number of nitrogens with one attached hydrogen (secondary N) is 2. The molecule has 1 aromatic heterocycles. The molecule has 0 aliphatic heterocycles. The summed E-state index contributed by atoms with van der Waals surface area (Å²) in [6.07, 6.45) is 1.91. The first-order valence-electron chi connectivity index (χ1n) is 6.52.